The third kappa shape index (κ3) is 7.32. The van der Waals surface area contributed by atoms with Gasteiger partial charge in [0.25, 0.3) is 0 Å². The highest BCUT2D eigenvalue weighted by Gasteiger charge is 1.95. The Morgan fingerprint density at radius 2 is 1.53 bits per heavy atom. The average molecular weight is 228 g/mol. The molecule has 0 amide bonds. The van der Waals surface area contributed by atoms with Gasteiger partial charge in [0.05, 0.1) is 7.11 Å². The van der Waals surface area contributed by atoms with Crippen LogP contribution in [0.2, 0.25) is 0 Å². The summed E-state index contributed by atoms with van der Waals surface area (Å²) < 4.78 is 5.12. The first-order chi connectivity index (χ1) is 7.26. The molecule has 0 atom stereocenters. The largest absolute Gasteiger partial charge is 0.497 e. The summed E-state index contributed by atoms with van der Waals surface area (Å²) >= 11 is 1.73. The summed E-state index contributed by atoms with van der Waals surface area (Å²) in [6.07, 6.45) is 2.06. The number of hydrogen-bond acceptors (Lipinski definition) is 2. The van der Waals surface area contributed by atoms with Crippen molar-refractivity contribution in [3.05, 3.63) is 23.8 Å². The zero-order valence-corrected chi connectivity index (χ0v) is 11.9. The summed E-state index contributed by atoms with van der Waals surface area (Å²) in [6, 6.07) is 6.21. The second kappa shape index (κ2) is 11.4. The van der Waals surface area contributed by atoms with Gasteiger partial charge < -0.3 is 4.74 Å². The van der Waals surface area contributed by atoms with E-state index in [1.807, 2.05) is 39.8 Å². The summed E-state index contributed by atoms with van der Waals surface area (Å²) in [5, 5.41) is 0. The minimum atomic E-state index is 0.939. The Morgan fingerprint density at radius 1 is 1.00 bits per heavy atom. The fourth-order valence-corrected chi connectivity index (χ4v) is 1.49. The Labute approximate surface area is 99.2 Å². The van der Waals surface area contributed by atoms with Gasteiger partial charge in [-0.2, -0.15) is 0 Å². The minimum absolute atomic E-state index is 0.939. The van der Waals surface area contributed by atoms with Crippen molar-refractivity contribution in [1.82, 2.24) is 0 Å². The molecule has 1 aromatic carbocycles. The third-order valence-corrected chi connectivity index (χ3v) is 2.20. The molecule has 0 saturated heterocycles. The Bertz CT molecular complexity index is 224. The van der Waals surface area contributed by atoms with Gasteiger partial charge in [-0.15, -0.1) is 11.8 Å². The molecule has 1 nitrogen and oxygen atoms in total. The predicted molar refractivity (Wildman–Crippen MR) is 72.2 cm³/mol. The number of thioether (sulfide) groups is 1. The Balaban J connectivity index is 0. The highest BCUT2D eigenvalue weighted by molar-refractivity contribution is 7.98. The van der Waals surface area contributed by atoms with Crippen LogP contribution < -0.4 is 4.74 Å². The zero-order chi connectivity index (χ0) is 12.3. The summed E-state index contributed by atoms with van der Waals surface area (Å²) in [5.74, 6) is 0.939. The molecule has 0 spiro atoms. The van der Waals surface area contributed by atoms with Gasteiger partial charge in [-0.3, -0.25) is 0 Å². The lowest BCUT2D eigenvalue weighted by molar-refractivity contribution is 0.413. The second-order valence-electron chi connectivity index (χ2n) is 2.39. The van der Waals surface area contributed by atoms with Gasteiger partial charge in [0.1, 0.15) is 5.75 Å². The molecule has 2 heteroatoms. The Hall–Kier alpha value is -0.630. The molecule has 0 aromatic heterocycles. The van der Waals surface area contributed by atoms with Crippen molar-refractivity contribution in [2.75, 3.05) is 13.4 Å². The highest BCUT2D eigenvalue weighted by Crippen LogP contribution is 2.22. The lowest BCUT2D eigenvalue weighted by atomic mass is 10.2. The van der Waals surface area contributed by atoms with Crippen LogP contribution in [-0.2, 0) is 0 Å². The van der Waals surface area contributed by atoms with E-state index in [1.165, 1.54) is 10.5 Å². The SMILES string of the molecule is CC.CC.COc1cc(C)cc(SC)c1. The van der Waals surface area contributed by atoms with Crippen molar-refractivity contribution in [2.45, 2.75) is 39.5 Å². The van der Waals surface area contributed by atoms with Crippen LogP contribution in [0.15, 0.2) is 23.1 Å². The molecule has 1 rings (SSSR count). The number of rotatable bonds is 2. The van der Waals surface area contributed by atoms with Crippen LogP contribution in [0.5, 0.6) is 5.75 Å². The summed E-state index contributed by atoms with van der Waals surface area (Å²) in [7, 11) is 1.69. The molecule has 0 N–H and O–H groups in total. The van der Waals surface area contributed by atoms with E-state index in [0.29, 0.717) is 0 Å². The van der Waals surface area contributed by atoms with E-state index in [0.717, 1.165) is 5.75 Å². The van der Waals surface area contributed by atoms with E-state index in [-0.39, 0.29) is 0 Å². The topological polar surface area (TPSA) is 9.23 Å². The van der Waals surface area contributed by atoms with Crippen LogP contribution >= 0.6 is 11.8 Å². The van der Waals surface area contributed by atoms with Gasteiger partial charge in [-0.05, 0) is 36.9 Å². The summed E-state index contributed by atoms with van der Waals surface area (Å²) in [5.41, 5.74) is 1.24. The number of hydrogen-bond donors (Lipinski definition) is 0. The standard InChI is InChI=1S/C9H12OS.2C2H6/c1-7-4-8(10-2)6-9(5-7)11-3;2*1-2/h4-6H,1-3H3;2*1-2H3. The molecule has 0 aliphatic rings. The smallest absolute Gasteiger partial charge is 0.120 e. The fourth-order valence-electron chi connectivity index (χ4n) is 0.950. The Morgan fingerprint density at radius 3 is 1.93 bits per heavy atom. The quantitative estimate of drug-likeness (QED) is 0.674. The molecule has 0 aliphatic carbocycles. The van der Waals surface area contributed by atoms with Crippen LogP contribution in [0.4, 0.5) is 0 Å². The van der Waals surface area contributed by atoms with E-state index < -0.39 is 0 Å². The minimum Gasteiger partial charge on any atom is -0.497 e. The van der Waals surface area contributed by atoms with E-state index in [9.17, 15) is 0 Å². The highest BCUT2D eigenvalue weighted by atomic mass is 32.2. The molecule has 0 heterocycles. The van der Waals surface area contributed by atoms with Gasteiger partial charge >= 0.3 is 0 Å². The van der Waals surface area contributed by atoms with E-state index in [2.05, 4.69) is 19.2 Å². The van der Waals surface area contributed by atoms with Crippen molar-refractivity contribution in [2.24, 2.45) is 0 Å². The monoisotopic (exact) mass is 228 g/mol. The third-order valence-electron chi connectivity index (χ3n) is 1.50. The average Bonchev–Trinajstić information content (AvgIpc) is 2.33. The summed E-state index contributed by atoms with van der Waals surface area (Å²) in [4.78, 5) is 1.25. The number of ether oxygens (including phenoxy) is 1. The van der Waals surface area contributed by atoms with Gasteiger partial charge in [0.2, 0.25) is 0 Å². The molecular formula is C13H24OS. The van der Waals surface area contributed by atoms with E-state index in [1.54, 1.807) is 18.9 Å². The molecule has 0 bridgehead atoms. The van der Waals surface area contributed by atoms with Crippen LogP contribution in [0, 0.1) is 6.92 Å². The second-order valence-corrected chi connectivity index (χ2v) is 3.27. The van der Waals surface area contributed by atoms with E-state index >= 15 is 0 Å². The predicted octanol–water partition coefficient (Wildman–Crippen LogP) is 4.78. The van der Waals surface area contributed by atoms with Crippen LogP contribution in [-0.4, -0.2) is 13.4 Å². The van der Waals surface area contributed by atoms with Crippen molar-refractivity contribution in [3.8, 4) is 5.75 Å². The molecule has 0 aliphatic heterocycles. The Kier molecular flexibility index (Phi) is 12.8. The molecule has 15 heavy (non-hydrogen) atoms. The number of benzene rings is 1. The first-order valence-corrected chi connectivity index (χ1v) is 6.68. The van der Waals surface area contributed by atoms with Crippen molar-refractivity contribution < 1.29 is 4.74 Å². The van der Waals surface area contributed by atoms with Crippen molar-refractivity contribution in [3.63, 3.8) is 0 Å². The first-order valence-electron chi connectivity index (χ1n) is 5.46. The molecule has 0 radical (unpaired) electrons. The first kappa shape index (κ1) is 16.8. The molecule has 0 unspecified atom stereocenters. The maximum absolute atomic E-state index is 5.12. The number of aryl methyl sites for hydroxylation is 1. The lowest BCUT2D eigenvalue weighted by Gasteiger charge is -2.03. The van der Waals surface area contributed by atoms with Gasteiger partial charge in [0.15, 0.2) is 0 Å². The van der Waals surface area contributed by atoms with Crippen LogP contribution in [0.1, 0.15) is 33.3 Å². The van der Waals surface area contributed by atoms with Gasteiger partial charge in [0, 0.05) is 4.90 Å². The lowest BCUT2D eigenvalue weighted by Crippen LogP contribution is -1.84. The van der Waals surface area contributed by atoms with Gasteiger partial charge in [-0.1, -0.05) is 27.7 Å². The van der Waals surface area contributed by atoms with E-state index in [4.69, 9.17) is 4.74 Å². The maximum atomic E-state index is 5.12. The molecule has 88 valence electrons. The van der Waals surface area contributed by atoms with Gasteiger partial charge in [-0.25, -0.2) is 0 Å². The zero-order valence-electron chi connectivity index (χ0n) is 11.0. The fraction of sp³-hybridized carbons (Fsp3) is 0.538. The molecular weight excluding hydrogens is 204 g/mol. The molecule has 0 fully saturated rings. The normalized spacial score (nSPS) is 7.93. The summed E-state index contributed by atoms with van der Waals surface area (Å²) in [6.45, 7) is 10.1. The van der Waals surface area contributed by atoms with Crippen molar-refractivity contribution in [1.29, 1.82) is 0 Å². The van der Waals surface area contributed by atoms with Crippen LogP contribution in [0.3, 0.4) is 0 Å². The molecule has 1 aromatic rings. The van der Waals surface area contributed by atoms with Crippen LogP contribution in [0.25, 0.3) is 0 Å². The maximum Gasteiger partial charge on any atom is 0.120 e. The van der Waals surface area contributed by atoms with Crippen molar-refractivity contribution >= 4 is 11.8 Å². The number of methoxy groups -OCH3 is 1. The molecule has 0 saturated carbocycles.